The van der Waals surface area contributed by atoms with Gasteiger partial charge in [-0.1, -0.05) is 0 Å². The maximum atomic E-state index is 13.2. The molecule has 0 atom stereocenters. The summed E-state index contributed by atoms with van der Waals surface area (Å²) in [7, 11) is 0. The van der Waals surface area contributed by atoms with Gasteiger partial charge in [-0.05, 0) is 40.2 Å². The summed E-state index contributed by atoms with van der Waals surface area (Å²) < 4.78 is 13.6. The summed E-state index contributed by atoms with van der Waals surface area (Å²) in [5, 5.41) is 2.50. The van der Waals surface area contributed by atoms with E-state index in [0.717, 1.165) is 0 Å². The van der Waals surface area contributed by atoms with Crippen LogP contribution in [0.2, 0.25) is 0 Å². The van der Waals surface area contributed by atoms with Crippen LogP contribution in [0.15, 0.2) is 45.8 Å². The van der Waals surface area contributed by atoms with E-state index >= 15 is 0 Å². The summed E-state index contributed by atoms with van der Waals surface area (Å²) in [6.07, 6.45) is 1.37. The molecule has 0 unspecified atom stereocenters. The topological polar surface area (TPSA) is 62.0 Å². The molecule has 0 saturated heterocycles. The van der Waals surface area contributed by atoms with E-state index in [0.29, 0.717) is 10.2 Å². The van der Waals surface area contributed by atoms with E-state index in [4.69, 9.17) is 0 Å². The number of H-pyrrole nitrogens is 1. The lowest BCUT2D eigenvalue weighted by Crippen LogP contribution is -2.15. The SMILES string of the molecule is O=C(Nc1ccc(Br)c(F)c1)c1cc[nH]c(=O)c1. The van der Waals surface area contributed by atoms with Crippen molar-refractivity contribution in [3.8, 4) is 0 Å². The van der Waals surface area contributed by atoms with Gasteiger partial charge < -0.3 is 10.3 Å². The minimum Gasteiger partial charge on any atom is -0.329 e. The van der Waals surface area contributed by atoms with Gasteiger partial charge in [0.15, 0.2) is 0 Å². The minimum absolute atomic E-state index is 0.210. The second-order valence-corrected chi connectivity index (χ2v) is 4.38. The number of benzene rings is 1. The van der Waals surface area contributed by atoms with E-state index in [-0.39, 0.29) is 11.1 Å². The third kappa shape index (κ3) is 2.84. The number of aromatic amines is 1. The molecule has 1 amide bonds. The van der Waals surface area contributed by atoms with Gasteiger partial charge in [0.1, 0.15) is 5.82 Å². The van der Waals surface area contributed by atoms with Gasteiger partial charge in [0, 0.05) is 23.5 Å². The first kappa shape index (κ1) is 12.5. The van der Waals surface area contributed by atoms with Gasteiger partial charge in [0.25, 0.3) is 5.91 Å². The molecule has 1 heterocycles. The number of hydrogen-bond donors (Lipinski definition) is 2. The first-order chi connectivity index (χ1) is 8.56. The molecule has 2 rings (SSSR count). The lowest BCUT2D eigenvalue weighted by Gasteiger charge is -2.05. The Labute approximate surface area is 110 Å². The number of carbonyl (C=O) groups excluding carboxylic acids is 1. The standard InChI is InChI=1S/C12H8BrFN2O2/c13-9-2-1-8(6-10(9)14)16-12(18)7-3-4-15-11(17)5-7/h1-6H,(H,15,17)(H,16,18). The van der Waals surface area contributed by atoms with Crippen LogP contribution in [0.5, 0.6) is 0 Å². The molecule has 0 bridgehead atoms. The van der Waals surface area contributed by atoms with E-state index in [9.17, 15) is 14.0 Å². The van der Waals surface area contributed by atoms with Crippen molar-refractivity contribution in [1.29, 1.82) is 0 Å². The number of hydrogen-bond acceptors (Lipinski definition) is 2. The van der Waals surface area contributed by atoms with Crippen LogP contribution < -0.4 is 10.9 Å². The molecular weight excluding hydrogens is 303 g/mol. The van der Waals surface area contributed by atoms with Crippen LogP contribution in [-0.2, 0) is 0 Å². The Morgan fingerprint density at radius 3 is 2.72 bits per heavy atom. The molecule has 4 nitrogen and oxygen atoms in total. The highest BCUT2D eigenvalue weighted by Gasteiger charge is 2.07. The Kier molecular flexibility index (Phi) is 3.57. The van der Waals surface area contributed by atoms with Gasteiger partial charge in [0.05, 0.1) is 4.47 Å². The van der Waals surface area contributed by atoms with Crippen molar-refractivity contribution in [3.05, 3.63) is 62.7 Å². The first-order valence-electron chi connectivity index (χ1n) is 5.01. The van der Waals surface area contributed by atoms with Crippen LogP contribution >= 0.6 is 15.9 Å². The summed E-state index contributed by atoms with van der Waals surface area (Å²) in [4.78, 5) is 25.2. The third-order valence-electron chi connectivity index (χ3n) is 2.21. The van der Waals surface area contributed by atoms with Crippen molar-refractivity contribution in [3.63, 3.8) is 0 Å². The number of halogens is 2. The summed E-state index contributed by atoms with van der Waals surface area (Å²) in [6.45, 7) is 0. The van der Waals surface area contributed by atoms with Crippen LogP contribution in [0.4, 0.5) is 10.1 Å². The van der Waals surface area contributed by atoms with Crippen molar-refractivity contribution < 1.29 is 9.18 Å². The van der Waals surface area contributed by atoms with Gasteiger partial charge in [-0.15, -0.1) is 0 Å². The van der Waals surface area contributed by atoms with E-state index in [1.54, 1.807) is 6.07 Å². The molecule has 0 aliphatic rings. The van der Waals surface area contributed by atoms with E-state index in [2.05, 4.69) is 26.2 Å². The normalized spacial score (nSPS) is 10.1. The van der Waals surface area contributed by atoms with Crippen molar-refractivity contribution >= 4 is 27.5 Å². The number of pyridine rings is 1. The average Bonchev–Trinajstić information content (AvgIpc) is 2.34. The fourth-order valence-corrected chi connectivity index (χ4v) is 1.61. The fraction of sp³-hybridized carbons (Fsp3) is 0. The molecule has 6 heteroatoms. The molecule has 0 spiro atoms. The number of anilines is 1. The minimum atomic E-state index is -0.473. The molecule has 2 aromatic rings. The van der Waals surface area contributed by atoms with Gasteiger partial charge in [-0.3, -0.25) is 9.59 Å². The smallest absolute Gasteiger partial charge is 0.255 e. The lowest BCUT2D eigenvalue weighted by atomic mass is 10.2. The van der Waals surface area contributed by atoms with Gasteiger partial charge in [-0.25, -0.2) is 4.39 Å². The number of amides is 1. The average molecular weight is 311 g/mol. The predicted octanol–water partition coefficient (Wildman–Crippen LogP) is 2.53. The lowest BCUT2D eigenvalue weighted by molar-refractivity contribution is 0.102. The van der Waals surface area contributed by atoms with E-state index < -0.39 is 11.7 Å². The third-order valence-corrected chi connectivity index (χ3v) is 2.86. The Morgan fingerprint density at radius 2 is 2.06 bits per heavy atom. The molecule has 2 N–H and O–H groups in total. The molecular formula is C12H8BrFN2O2. The van der Waals surface area contributed by atoms with Crippen molar-refractivity contribution in [1.82, 2.24) is 4.98 Å². The van der Waals surface area contributed by atoms with Crippen LogP contribution in [0.1, 0.15) is 10.4 Å². The molecule has 0 saturated carbocycles. The second-order valence-electron chi connectivity index (χ2n) is 3.52. The summed E-state index contributed by atoms with van der Waals surface area (Å²) in [5.41, 5.74) is 0.160. The number of nitrogens with one attached hydrogen (secondary N) is 2. The van der Waals surface area contributed by atoms with Crippen molar-refractivity contribution in [2.45, 2.75) is 0 Å². The summed E-state index contributed by atoms with van der Waals surface area (Å²) >= 11 is 3.02. The molecule has 1 aromatic heterocycles. The zero-order valence-corrected chi connectivity index (χ0v) is 10.6. The highest BCUT2D eigenvalue weighted by molar-refractivity contribution is 9.10. The number of carbonyl (C=O) groups is 1. The largest absolute Gasteiger partial charge is 0.329 e. The van der Waals surface area contributed by atoms with Crippen LogP contribution in [-0.4, -0.2) is 10.9 Å². The monoisotopic (exact) mass is 310 g/mol. The quantitative estimate of drug-likeness (QED) is 0.895. The molecule has 92 valence electrons. The van der Waals surface area contributed by atoms with E-state index in [1.807, 2.05) is 0 Å². The van der Waals surface area contributed by atoms with Crippen molar-refractivity contribution in [2.24, 2.45) is 0 Å². The zero-order valence-electron chi connectivity index (χ0n) is 9.04. The zero-order chi connectivity index (χ0) is 13.1. The Morgan fingerprint density at radius 1 is 1.28 bits per heavy atom. The van der Waals surface area contributed by atoms with Crippen LogP contribution in [0.3, 0.4) is 0 Å². The molecule has 18 heavy (non-hydrogen) atoms. The first-order valence-corrected chi connectivity index (χ1v) is 5.81. The molecule has 0 radical (unpaired) electrons. The molecule has 0 fully saturated rings. The Bertz CT molecular complexity index is 655. The van der Waals surface area contributed by atoms with Gasteiger partial charge in [0.2, 0.25) is 5.56 Å². The number of rotatable bonds is 2. The molecule has 1 aromatic carbocycles. The van der Waals surface area contributed by atoms with Crippen LogP contribution in [0, 0.1) is 5.82 Å². The van der Waals surface area contributed by atoms with Crippen LogP contribution in [0.25, 0.3) is 0 Å². The maximum absolute atomic E-state index is 13.2. The second kappa shape index (κ2) is 5.14. The highest BCUT2D eigenvalue weighted by Crippen LogP contribution is 2.19. The fourth-order valence-electron chi connectivity index (χ4n) is 1.36. The summed E-state index contributed by atoms with van der Waals surface area (Å²) in [5.74, 6) is -0.943. The number of aromatic nitrogens is 1. The molecule has 0 aliphatic carbocycles. The van der Waals surface area contributed by atoms with Crippen molar-refractivity contribution in [2.75, 3.05) is 5.32 Å². The molecule has 0 aliphatic heterocycles. The predicted molar refractivity (Wildman–Crippen MR) is 69.1 cm³/mol. The van der Waals surface area contributed by atoms with Gasteiger partial charge in [-0.2, -0.15) is 0 Å². The Balaban J connectivity index is 2.21. The Hall–Kier alpha value is -1.95. The maximum Gasteiger partial charge on any atom is 0.255 e. The van der Waals surface area contributed by atoms with E-state index in [1.165, 1.54) is 30.5 Å². The highest BCUT2D eigenvalue weighted by atomic mass is 79.9. The summed E-state index contributed by atoms with van der Waals surface area (Å²) in [6, 6.07) is 6.87. The van der Waals surface area contributed by atoms with Gasteiger partial charge >= 0.3 is 0 Å².